The van der Waals surface area contributed by atoms with Crippen LogP contribution in [0.4, 0.5) is 0 Å². The van der Waals surface area contributed by atoms with E-state index in [0.717, 1.165) is 12.6 Å². The van der Waals surface area contributed by atoms with E-state index in [0.29, 0.717) is 6.61 Å². The number of ether oxygens (including phenoxy) is 2. The lowest BCUT2D eigenvalue weighted by Crippen LogP contribution is -2.32. The fraction of sp³-hybridized carbons (Fsp3) is 1.00. The summed E-state index contributed by atoms with van der Waals surface area (Å²) in [7, 11) is 1.70. The van der Waals surface area contributed by atoms with E-state index in [-0.39, 0.29) is 12.2 Å². The maximum absolute atomic E-state index is 5.68. The number of hydrogen-bond acceptors (Lipinski definition) is 3. The van der Waals surface area contributed by atoms with Crippen LogP contribution in [0.5, 0.6) is 0 Å². The molecule has 3 nitrogen and oxygen atoms in total. The standard InChI is InChI=1S/C10H21NO2/c1-8(6-11-10-4-5-10)13-9(2)7-12-3/h8-11H,4-7H2,1-3H3. The van der Waals surface area contributed by atoms with Crippen LogP contribution in [-0.4, -0.2) is 38.5 Å². The van der Waals surface area contributed by atoms with Crippen LogP contribution >= 0.6 is 0 Å². The number of rotatable bonds is 7. The third kappa shape index (κ3) is 5.24. The van der Waals surface area contributed by atoms with Crippen molar-refractivity contribution in [1.29, 1.82) is 0 Å². The van der Waals surface area contributed by atoms with Crippen LogP contribution in [0.25, 0.3) is 0 Å². The fourth-order valence-corrected chi connectivity index (χ4v) is 1.34. The van der Waals surface area contributed by atoms with Crippen molar-refractivity contribution in [2.24, 2.45) is 0 Å². The van der Waals surface area contributed by atoms with Crippen molar-refractivity contribution in [2.75, 3.05) is 20.3 Å². The fourth-order valence-electron chi connectivity index (χ4n) is 1.34. The maximum atomic E-state index is 5.68. The summed E-state index contributed by atoms with van der Waals surface area (Å²) < 4.78 is 10.7. The zero-order chi connectivity index (χ0) is 9.68. The van der Waals surface area contributed by atoms with Crippen LogP contribution in [-0.2, 0) is 9.47 Å². The van der Waals surface area contributed by atoms with E-state index in [1.54, 1.807) is 7.11 Å². The van der Waals surface area contributed by atoms with E-state index in [4.69, 9.17) is 9.47 Å². The molecule has 0 heterocycles. The molecule has 13 heavy (non-hydrogen) atoms. The molecule has 0 aromatic rings. The highest BCUT2D eigenvalue weighted by Gasteiger charge is 2.21. The van der Waals surface area contributed by atoms with Gasteiger partial charge < -0.3 is 14.8 Å². The van der Waals surface area contributed by atoms with Crippen molar-refractivity contribution in [1.82, 2.24) is 5.32 Å². The van der Waals surface area contributed by atoms with E-state index >= 15 is 0 Å². The zero-order valence-corrected chi connectivity index (χ0v) is 8.88. The first kappa shape index (κ1) is 11.0. The van der Waals surface area contributed by atoms with Gasteiger partial charge in [-0.3, -0.25) is 0 Å². The molecule has 0 bridgehead atoms. The molecule has 0 aromatic heterocycles. The second-order valence-corrected chi connectivity index (χ2v) is 3.90. The Morgan fingerprint density at radius 2 is 2.00 bits per heavy atom. The lowest BCUT2D eigenvalue weighted by molar-refractivity contribution is -0.0301. The zero-order valence-electron chi connectivity index (χ0n) is 8.88. The van der Waals surface area contributed by atoms with Gasteiger partial charge in [0.25, 0.3) is 0 Å². The lowest BCUT2D eigenvalue weighted by atomic mass is 10.3. The molecule has 0 spiro atoms. The van der Waals surface area contributed by atoms with Crippen LogP contribution in [0.2, 0.25) is 0 Å². The lowest BCUT2D eigenvalue weighted by Gasteiger charge is -2.18. The van der Waals surface area contributed by atoms with Gasteiger partial charge in [-0.25, -0.2) is 0 Å². The van der Waals surface area contributed by atoms with Crippen LogP contribution in [0.15, 0.2) is 0 Å². The highest BCUT2D eigenvalue weighted by molar-refractivity contribution is 4.81. The molecule has 1 aliphatic carbocycles. The van der Waals surface area contributed by atoms with E-state index in [9.17, 15) is 0 Å². The molecule has 0 saturated heterocycles. The molecule has 0 radical (unpaired) electrons. The molecule has 1 rings (SSSR count). The van der Waals surface area contributed by atoms with Gasteiger partial charge in [0.15, 0.2) is 0 Å². The summed E-state index contributed by atoms with van der Waals surface area (Å²) >= 11 is 0. The van der Waals surface area contributed by atoms with E-state index < -0.39 is 0 Å². The number of hydrogen-bond donors (Lipinski definition) is 1. The minimum absolute atomic E-state index is 0.195. The summed E-state index contributed by atoms with van der Waals surface area (Å²) in [6.45, 7) is 5.77. The Bertz CT molecular complexity index is 137. The van der Waals surface area contributed by atoms with Gasteiger partial charge in [0.1, 0.15) is 0 Å². The minimum atomic E-state index is 0.195. The summed E-state index contributed by atoms with van der Waals surface area (Å²) in [6, 6.07) is 0.767. The highest BCUT2D eigenvalue weighted by atomic mass is 16.5. The van der Waals surface area contributed by atoms with Gasteiger partial charge in [-0.05, 0) is 26.7 Å². The molecule has 2 unspecified atom stereocenters. The predicted octanol–water partition coefficient (Wildman–Crippen LogP) is 1.18. The van der Waals surface area contributed by atoms with Gasteiger partial charge in [0.2, 0.25) is 0 Å². The van der Waals surface area contributed by atoms with Gasteiger partial charge in [-0.15, -0.1) is 0 Å². The Kier molecular flexibility index (Phi) is 4.70. The molecule has 3 heteroatoms. The quantitative estimate of drug-likeness (QED) is 0.649. The smallest absolute Gasteiger partial charge is 0.0784 e. The molecular formula is C10H21NO2. The first-order valence-electron chi connectivity index (χ1n) is 5.10. The Balaban J connectivity index is 1.97. The summed E-state index contributed by atoms with van der Waals surface area (Å²) in [5.74, 6) is 0. The Hall–Kier alpha value is -0.120. The van der Waals surface area contributed by atoms with Gasteiger partial charge in [0, 0.05) is 19.7 Å². The Morgan fingerprint density at radius 1 is 1.31 bits per heavy atom. The van der Waals surface area contributed by atoms with Gasteiger partial charge >= 0.3 is 0 Å². The predicted molar refractivity (Wildman–Crippen MR) is 52.9 cm³/mol. The largest absolute Gasteiger partial charge is 0.382 e. The molecule has 78 valence electrons. The average molecular weight is 187 g/mol. The SMILES string of the molecule is COCC(C)OC(C)CNC1CC1. The van der Waals surface area contributed by atoms with E-state index in [1.807, 2.05) is 6.92 Å². The topological polar surface area (TPSA) is 30.5 Å². The van der Waals surface area contributed by atoms with Crippen molar-refractivity contribution in [3.05, 3.63) is 0 Å². The highest BCUT2D eigenvalue weighted by Crippen LogP contribution is 2.18. The summed E-state index contributed by atoms with van der Waals surface area (Å²) in [5.41, 5.74) is 0. The summed E-state index contributed by atoms with van der Waals surface area (Å²) in [5, 5.41) is 3.44. The van der Waals surface area contributed by atoms with Crippen molar-refractivity contribution >= 4 is 0 Å². The van der Waals surface area contributed by atoms with Crippen LogP contribution in [0, 0.1) is 0 Å². The normalized spacial score (nSPS) is 21.5. The number of methoxy groups -OCH3 is 1. The van der Waals surface area contributed by atoms with Crippen LogP contribution in [0.1, 0.15) is 26.7 Å². The van der Waals surface area contributed by atoms with Crippen LogP contribution < -0.4 is 5.32 Å². The van der Waals surface area contributed by atoms with E-state index in [1.165, 1.54) is 12.8 Å². The second kappa shape index (κ2) is 5.58. The number of nitrogens with one attached hydrogen (secondary N) is 1. The summed E-state index contributed by atoms with van der Waals surface area (Å²) in [4.78, 5) is 0. The monoisotopic (exact) mass is 187 g/mol. The van der Waals surface area contributed by atoms with Crippen molar-refractivity contribution < 1.29 is 9.47 Å². The van der Waals surface area contributed by atoms with Crippen molar-refractivity contribution in [2.45, 2.75) is 44.9 Å². The second-order valence-electron chi connectivity index (χ2n) is 3.90. The van der Waals surface area contributed by atoms with Crippen molar-refractivity contribution in [3.63, 3.8) is 0 Å². The average Bonchev–Trinajstić information content (AvgIpc) is 2.84. The van der Waals surface area contributed by atoms with Crippen molar-refractivity contribution in [3.8, 4) is 0 Å². The maximum Gasteiger partial charge on any atom is 0.0784 e. The molecule has 1 N–H and O–H groups in total. The van der Waals surface area contributed by atoms with Gasteiger partial charge in [0.05, 0.1) is 18.8 Å². The van der Waals surface area contributed by atoms with E-state index in [2.05, 4.69) is 12.2 Å². The Morgan fingerprint density at radius 3 is 2.54 bits per heavy atom. The molecule has 1 aliphatic rings. The van der Waals surface area contributed by atoms with Gasteiger partial charge in [-0.2, -0.15) is 0 Å². The third-order valence-corrected chi connectivity index (χ3v) is 2.14. The molecular weight excluding hydrogens is 166 g/mol. The Labute approximate surface area is 80.8 Å². The molecule has 0 aromatic carbocycles. The molecule has 0 aliphatic heterocycles. The summed E-state index contributed by atoms with van der Waals surface area (Å²) in [6.07, 6.45) is 3.15. The molecule has 2 atom stereocenters. The first-order valence-corrected chi connectivity index (χ1v) is 5.10. The molecule has 1 saturated carbocycles. The molecule has 0 amide bonds. The third-order valence-electron chi connectivity index (χ3n) is 2.14. The molecule has 1 fully saturated rings. The minimum Gasteiger partial charge on any atom is -0.382 e. The van der Waals surface area contributed by atoms with Gasteiger partial charge in [-0.1, -0.05) is 0 Å². The first-order chi connectivity index (χ1) is 6.22. The van der Waals surface area contributed by atoms with Crippen LogP contribution in [0.3, 0.4) is 0 Å².